The monoisotopic (exact) mass is 173 g/mol. The molecule has 0 atom stereocenters. The Bertz CT molecular complexity index is 91.6. The van der Waals surface area contributed by atoms with Gasteiger partial charge in [-0.05, 0) is 43.7 Å². The molecule has 0 saturated heterocycles. The summed E-state index contributed by atoms with van der Waals surface area (Å²) in [5.74, 6) is 2.68. The lowest BCUT2D eigenvalue weighted by Gasteiger charge is -2.01. The molecule has 0 aromatic rings. The molecule has 0 aromatic heterocycles. The van der Waals surface area contributed by atoms with Gasteiger partial charge in [0.15, 0.2) is 0 Å². The summed E-state index contributed by atoms with van der Waals surface area (Å²) in [6, 6.07) is 0.895. The highest BCUT2D eigenvalue weighted by Gasteiger charge is 2.19. The number of hydrogen-bond acceptors (Lipinski definition) is 2. The molecule has 1 rings (SSSR count). The predicted octanol–water partition coefficient (Wildman–Crippen LogP) is 2.27. The van der Waals surface area contributed by atoms with Gasteiger partial charge in [0.1, 0.15) is 0 Å². The van der Waals surface area contributed by atoms with Crippen molar-refractivity contribution in [2.24, 2.45) is 0 Å². The van der Waals surface area contributed by atoms with Crippen molar-refractivity contribution >= 4 is 11.8 Å². The minimum Gasteiger partial charge on any atom is -0.314 e. The molecule has 1 N–H and O–H groups in total. The Labute approximate surface area is 74.3 Å². The van der Waals surface area contributed by atoms with E-state index in [1.165, 1.54) is 43.7 Å². The molecular formula is C9H19NS. The van der Waals surface area contributed by atoms with Crippen molar-refractivity contribution in [2.45, 2.75) is 38.6 Å². The summed E-state index contributed by atoms with van der Waals surface area (Å²) in [7, 11) is 0. The SMILES string of the molecule is CCCSCCCNC1CC1. The van der Waals surface area contributed by atoms with Gasteiger partial charge in [0.05, 0.1) is 0 Å². The second kappa shape index (κ2) is 5.90. The third-order valence-electron chi connectivity index (χ3n) is 1.82. The standard InChI is InChI=1S/C9H19NS/c1-2-7-11-8-3-6-10-9-4-5-9/h9-10H,2-8H2,1H3. The zero-order valence-corrected chi connectivity index (χ0v) is 8.25. The van der Waals surface area contributed by atoms with E-state index in [0.29, 0.717) is 0 Å². The van der Waals surface area contributed by atoms with E-state index < -0.39 is 0 Å². The summed E-state index contributed by atoms with van der Waals surface area (Å²) >= 11 is 2.09. The molecular weight excluding hydrogens is 154 g/mol. The van der Waals surface area contributed by atoms with Gasteiger partial charge in [0.2, 0.25) is 0 Å². The van der Waals surface area contributed by atoms with Crippen LogP contribution in [0.3, 0.4) is 0 Å². The van der Waals surface area contributed by atoms with Gasteiger partial charge < -0.3 is 5.32 Å². The highest BCUT2D eigenvalue weighted by Crippen LogP contribution is 2.18. The molecule has 1 nitrogen and oxygen atoms in total. The van der Waals surface area contributed by atoms with Gasteiger partial charge in [-0.3, -0.25) is 0 Å². The van der Waals surface area contributed by atoms with Crippen LogP contribution in [0.4, 0.5) is 0 Å². The molecule has 1 saturated carbocycles. The van der Waals surface area contributed by atoms with Crippen molar-refractivity contribution < 1.29 is 0 Å². The van der Waals surface area contributed by atoms with Crippen molar-refractivity contribution in [3.63, 3.8) is 0 Å². The quantitative estimate of drug-likeness (QED) is 0.593. The Kier molecular flexibility index (Phi) is 5.04. The van der Waals surface area contributed by atoms with Gasteiger partial charge in [-0.2, -0.15) is 11.8 Å². The maximum absolute atomic E-state index is 3.52. The maximum Gasteiger partial charge on any atom is 0.00682 e. The molecule has 0 aromatic carbocycles. The minimum absolute atomic E-state index is 0.895. The zero-order valence-electron chi connectivity index (χ0n) is 7.44. The summed E-state index contributed by atoms with van der Waals surface area (Å²) in [6.07, 6.45) is 5.51. The lowest BCUT2D eigenvalue weighted by molar-refractivity contribution is 0.674. The van der Waals surface area contributed by atoms with E-state index in [4.69, 9.17) is 0 Å². The predicted molar refractivity (Wildman–Crippen MR) is 53.3 cm³/mol. The summed E-state index contributed by atoms with van der Waals surface area (Å²) in [5, 5.41) is 3.52. The molecule has 11 heavy (non-hydrogen) atoms. The first kappa shape index (κ1) is 9.40. The molecule has 0 heterocycles. The molecule has 0 amide bonds. The fraction of sp³-hybridized carbons (Fsp3) is 1.00. The molecule has 0 unspecified atom stereocenters. The largest absolute Gasteiger partial charge is 0.314 e. The molecule has 0 bridgehead atoms. The highest BCUT2D eigenvalue weighted by molar-refractivity contribution is 7.99. The van der Waals surface area contributed by atoms with Crippen LogP contribution in [0.25, 0.3) is 0 Å². The van der Waals surface area contributed by atoms with Gasteiger partial charge in [-0.15, -0.1) is 0 Å². The van der Waals surface area contributed by atoms with Crippen LogP contribution in [-0.4, -0.2) is 24.1 Å². The fourth-order valence-electron chi connectivity index (χ4n) is 1.01. The van der Waals surface area contributed by atoms with Crippen molar-refractivity contribution in [3.8, 4) is 0 Å². The van der Waals surface area contributed by atoms with Crippen LogP contribution in [0.1, 0.15) is 32.6 Å². The molecule has 0 aliphatic heterocycles. The lowest BCUT2D eigenvalue weighted by Crippen LogP contribution is -2.17. The van der Waals surface area contributed by atoms with Crippen LogP contribution in [-0.2, 0) is 0 Å². The maximum atomic E-state index is 3.52. The summed E-state index contributed by atoms with van der Waals surface area (Å²) < 4.78 is 0. The van der Waals surface area contributed by atoms with E-state index in [0.717, 1.165) is 6.04 Å². The summed E-state index contributed by atoms with van der Waals surface area (Å²) in [6.45, 7) is 3.48. The van der Waals surface area contributed by atoms with E-state index in [1.807, 2.05) is 0 Å². The second-order valence-corrected chi connectivity index (χ2v) is 4.42. The van der Waals surface area contributed by atoms with Crippen LogP contribution in [0.5, 0.6) is 0 Å². The van der Waals surface area contributed by atoms with E-state index in [-0.39, 0.29) is 0 Å². The second-order valence-electron chi connectivity index (χ2n) is 3.19. The molecule has 1 aliphatic carbocycles. The van der Waals surface area contributed by atoms with Crippen molar-refractivity contribution in [1.29, 1.82) is 0 Å². The Morgan fingerprint density at radius 2 is 2.18 bits per heavy atom. The Morgan fingerprint density at radius 3 is 2.82 bits per heavy atom. The van der Waals surface area contributed by atoms with Crippen LogP contribution in [0.15, 0.2) is 0 Å². The smallest absolute Gasteiger partial charge is 0.00682 e. The summed E-state index contributed by atoms with van der Waals surface area (Å²) in [4.78, 5) is 0. The van der Waals surface area contributed by atoms with Gasteiger partial charge >= 0.3 is 0 Å². The number of rotatable bonds is 7. The number of thioether (sulfide) groups is 1. The lowest BCUT2D eigenvalue weighted by atomic mass is 10.5. The molecule has 0 spiro atoms. The van der Waals surface area contributed by atoms with Gasteiger partial charge in [0, 0.05) is 6.04 Å². The van der Waals surface area contributed by atoms with Crippen molar-refractivity contribution in [3.05, 3.63) is 0 Å². The molecule has 2 heteroatoms. The van der Waals surface area contributed by atoms with Crippen LogP contribution < -0.4 is 5.32 Å². The summed E-state index contributed by atoms with van der Waals surface area (Å²) in [5.41, 5.74) is 0. The van der Waals surface area contributed by atoms with Crippen molar-refractivity contribution in [1.82, 2.24) is 5.32 Å². The van der Waals surface area contributed by atoms with E-state index in [2.05, 4.69) is 24.0 Å². The van der Waals surface area contributed by atoms with Crippen molar-refractivity contribution in [2.75, 3.05) is 18.1 Å². The van der Waals surface area contributed by atoms with Crippen LogP contribution >= 0.6 is 11.8 Å². The van der Waals surface area contributed by atoms with Gasteiger partial charge in [-0.25, -0.2) is 0 Å². The molecule has 1 aliphatic rings. The minimum atomic E-state index is 0.895. The first-order chi connectivity index (χ1) is 5.43. The number of hydrogen-bond donors (Lipinski definition) is 1. The third kappa shape index (κ3) is 5.57. The molecule has 0 radical (unpaired) electrons. The highest BCUT2D eigenvalue weighted by atomic mass is 32.2. The first-order valence-corrected chi connectivity index (χ1v) is 5.90. The van der Waals surface area contributed by atoms with E-state index in [9.17, 15) is 0 Å². The molecule has 1 fully saturated rings. The van der Waals surface area contributed by atoms with Crippen LogP contribution in [0, 0.1) is 0 Å². The Hall–Kier alpha value is 0.310. The Balaban J connectivity index is 1.66. The molecule has 66 valence electrons. The number of nitrogens with one attached hydrogen (secondary N) is 1. The average molecular weight is 173 g/mol. The van der Waals surface area contributed by atoms with Gasteiger partial charge in [0.25, 0.3) is 0 Å². The van der Waals surface area contributed by atoms with E-state index >= 15 is 0 Å². The van der Waals surface area contributed by atoms with Crippen LogP contribution in [0.2, 0.25) is 0 Å². The van der Waals surface area contributed by atoms with E-state index in [1.54, 1.807) is 0 Å². The zero-order chi connectivity index (χ0) is 7.94. The van der Waals surface area contributed by atoms with Gasteiger partial charge in [-0.1, -0.05) is 6.92 Å². The normalized spacial score (nSPS) is 17.2. The third-order valence-corrected chi connectivity index (χ3v) is 3.10. The Morgan fingerprint density at radius 1 is 1.36 bits per heavy atom. The fourth-order valence-corrected chi connectivity index (χ4v) is 1.86. The first-order valence-electron chi connectivity index (χ1n) is 4.74. The average Bonchev–Trinajstić information content (AvgIpc) is 2.80. The topological polar surface area (TPSA) is 12.0 Å².